The highest BCUT2D eigenvalue weighted by Gasteiger charge is 2.29. The molecule has 1 fully saturated rings. The lowest BCUT2D eigenvalue weighted by Gasteiger charge is -2.13. The number of carbonyl (C=O) groups excluding carboxylic acids is 1. The molecule has 0 aromatic carbocycles. The van der Waals surface area contributed by atoms with Gasteiger partial charge in [0, 0.05) is 12.5 Å². The van der Waals surface area contributed by atoms with Gasteiger partial charge in [-0.05, 0) is 31.6 Å². The van der Waals surface area contributed by atoms with Gasteiger partial charge in [0.25, 0.3) is 0 Å². The lowest BCUT2D eigenvalue weighted by atomic mass is 10.2. The molecule has 1 unspecified atom stereocenters. The Morgan fingerprint density at radius 1 is 1.29 bits per heavy atom. The highest BCUT2D eigenvalue weighted by atomic mass is 32.2. The molecule has 0 aromatic rings. The van der Waals surface area contributed by atoms with Crippen LogP contribution in [0, 0.1) is 11.8 Å². The van der Waals surface area contributed by atoms with Crippen molar-refractivity contribution >= 4 is 15.7 Å². The molecule has 0 aromatic heterocycles. The molecule has 0 spiro atoms. The third-order valence-electron chi connectivity index (χ3n) is 2.95. The highest BCUT2D eigenvalue weighted by molar-refractivity contribution is 7.91. The van der Waals surface area contributed by atoms with Crippen molar-refractivity contribution in [2.75, 3.05) is 11.5 Å². The molecule has 100 valence electrons. The van der Waals surface area contributed by atoms with Crippen molar-refractivity contribution in [2.24, 2.45) is 11.8 Å². The molecule has 1 saturated carbocycles. The van der Waals surface area contributed by atoms with E-state index >= 15 is 0 Å². The van der Waals surface area contributed by atoms with E-state index < -0.39 is 9.84 Å². The van der Waals surface area contributed by atoms with Gasteiger partial charge in [-0.2, -0.15) is 0 Å². The number of hydrogen-bond acceptors (Lipinski definition) is 3. The summed E-state index contributed by atoms with van der Waals surface area (Å²) >= 11 is 0. The van der Waals surface area contributed by atoms with Crippen LogP contribution in [0.15, 0.2) is 0 Å². The van der Waals surface area contributed by atoms with Gasteiger partial charge >= 0.3 is 0 Å². The van der Waals surface area contributed by atoms with E-state index in [1.807, 2.05) is 20.8 Å². The summed E-state index contributed by atoms with van der Waals surface area (Å²) in [5.74, 6) is 0.712. The molecule has 0 bridgehead atoms. The minimum absolute atomic E-state index is 0.0333. The fraction of sp³-hybridized carbons (Fsp3) is 0.917. The first kappa shape index (κ1) is 14.5. The van der Waals surface area contributed by atoms with Crippen LogP contribution in [-0.4, -0.2) is 31.9 Å². The quantitative estimate of drug-likeness (QED) is 0.752. The molecule has 1 rings (SSSR count). The summed E-state index contributed by atoms with van der Waals surface area (Å²) < 4.78 is 23.2. The van der Waals surface area contributed by atoms with Crippen LogP contribution in [-0.2, 0) is 14.6 Å². The first-order chi connectivity index (χ1) is 7.80. The summed E-state index contributed by atoms with van der Waals surface area (Å²) in [6, 6.07) is 0.190. The van der Waals surface area contributed by atoms with Gasteiger partial charge in [-0.25, -0.2) is 8.42 Å². The molecule has 4 nitrogen and oxygen atoms in total. The monoisotopic (exact) mass is 261 g/mol. The Labute approximate surface area is 104 Å². The van der Waals surface area contributed by atoms with Gasteiger partial charge in [-0.15, -0.1) is 0 Å². The van der Waals surface area contributed by atoms with E-state index in [-0.39, 0.29) is 35.8 Å². The zero-order valence-corrected chi connectivity index (χ0v) is 11.7. The van der Waals surface area contributed by atoms with Gasteiger partial charge in [0.2, 0.25) is 5.91 Å². The molecule has 0 radical (unpaired) electrons. The van der Waals surface area contributed by atoms with Gasteiger partial charge in [-0.3, -0.25) is 4.79 Å². The van der Waals surface area contributed by atoms with Crippen LogP contribution in [0.5, 0.6) is 0 Å². The first-order valence-corrected chi connectivity index (χ1v) is 8.12. The van der Waals surface area contributed by atoms with Gasteiger partial charge < -0.3 is 5.32 Å². The Morgan fingerprint density at radius 3 is 2.35 bits per heavy atom. The second-order valence-corrected chi connectivity index (χ2v) is 7.68. The molecule has 1 aliphatic carbocycles. The van der Waals surface area contributed by atoms with Crippen LogP contribution in [0.3, 0.4) is 0 Å². The normalized spacial score (nSPS) is 18.1. The predicted molar refractivity (Wildman–Crippen MR) is 68.4 cm³/mol. The van der Waals surface area contributed by atoms with Crippen LogP contribution in [0.25, 0.3) is 0 Å². The zero-order valence-electron chi connectivity index (χ0n) is 10.9. The molecule has 0 aliphatic heterocycles. The van der Waals surface area contributed by atoms with E-state index in [0.717, 1.165) is 0 Å². The maximum atomic E-state index is 11.6. The van der Waals surface area contributed by atoms with Crippen molar-refractivity contribution < 1.29 is 13.2 Å². The number of carbonyl (C=O) groups is 1. The minimum atomic E-state index is -3.08. The second-order valence-electron chi connectivity index (χ2n) is 5.45. The van der Waals surface area contributed by atoms with E-state index in [9.17, 15) is 13.2 Å². The molecule has 5 heteroatoms. The highest BCUT2D eigenvalue weighted by Crippen LogP contribution is 2.32. The number of sulfone groups is 1. The number of hydrogen-bond donors (Lipinski definition) is 1. The molecular weight excluding hydrogens is 238 g/mol. The van der Waals surface area contributed by atoms with Crippen LogP contribution in [0.4, 0.5) is 0 Å². The molecule has 17 heavy (non-hydrogen) atoms. The van der Waals surface area contributed by atoms with Crippen LogP contribution >= 0.6 is 0 Å². The summed E-state index contributed by atoms with van der Waals surface area (Å²) in [6.45, 7) is 5.72. The maximum absolute atomic E-state index is 11.6. The summed E-state index contributed by atoms with van der Waals surface area (Å²) in [5.41, 5.74) is 0. The summed E-state index contributed by atoms with van der Waals surface area (Å²) in [6.07, 6.45) is 2.44. The molecule has 0 saturated heterocycles. The number of amides is 1. The Bertz CT molecular complexity index is 358. The van der Waals surface area contributed by atoms with E-state index in [2.05, 4.69) is 5.32 Å². The molecule has 1 atom stereocenters. The smallest absolute Gasteiger partial charge is 0.221 e. The van der Waals surface area contributed by atoms with Gasteiger partial charge in [0.1, 0.15) is 0 Å². The SMILES string of the molecule is CC(C)CS(=O)(=O)CCC(=O)NC(C)C1CC1. The van der Waals surface area contributed by atoms with E-state index in [1.54, 1.807) is 0 Å². The largest absolute Gasteiger partial charge is 0.353 e. The third kappa shape index (κ3) is 6.05. The molecule has 1 amide bonds. The van der Waals surface area contributed by atoms with Crippen molar-refractivity contribution in [3.05, 3.63) is 0 Å². The van der Waals surface area contributed by atoms with Gasteiger partial charge in [0.05, 0.1) is 11.5 Å². The van der Waals surface area contributed by atoms with Crippen molar-refractivity contribution in [2.45, 2.75) is 46.1 Å². The van der Waals surface area contributed by atoms with E-state index in [0.29, 0.717) is 5.92 Å². The predicted octanol–water partition coefficient (Wildman–Crippen LogP) is 1.36. The van der Waals surface area contributed by atoms with E-state index in [1.165, 1.54) is 12.8 Å². The standard InChI is InChI=1S/C12H23NO3S/c1-9(2)8-17(15,16)7-6-12(14)13-10(3)11-4-5-11/h9-11H,4-8H2,1-3H3,(H,13,14). The first-order valence-electron chi connectivity index (χ1n) is 6.30. The summed E-state index contributed by atoms with van der Waals surface area (Å²) in [7, 11) is -3.08. The molecule has 0 heterocycles. The van der Waals surface area contributed by atoms with Crippen molar-refractivity contribution in [1.82, 2.24) is 5.32 Å². The average Bonchev–Trinajstić information content (AvgIpc) is 2.95. The Balaban J connectivity index is 2.27. The fourth-order valence-electron chi connectivity index (χ4n) is 1.88. The van der Waals surface area contributed by atoms with Crippen molar-refractivity contribution in [3.63, 3.8) is 0 Å². The number of nitrogens with one attached hydrogen (secondary N) is 1. The van der Waals surface area contributed by atoms with Crippen LogP contribution in [0.2, 0.25) is 0 Å². The number of rotatable bonds is 7. The van der Waals surface area contributed by atoms with Crippen LogP contribution < -0.4 is 5.32 Å². The Morgan fingerprint density at radius 2 is 1.88 bits per heavy atom. The molecule has 1 aliphatic rings. The Kier molecular flexibility index (Phi) is 4.98. The summed E-state index contributed by atoms with van der Waals surface area (Å²) in [5, 5.41) is 2.86. The van der Waals surface area contributed by atoms with Crippen LogP contribution in [0.1, 0.15) is 40.0 Å². The Hall–Kier alpha value is -0.580. The minimum Gasteiger partial charge on any atom is -0.353 e. The lowest BCUT2D eigenvalue weighted by Crippen LogP contribution is -2.35. The van der Waals surface area contributed by atoms with E-state index in [4.69, 9.17) is 0 Å². The van der Waals surface area contributed by atoms with Gasteiger partial charge in [0.15, 0.2) is 9.84 Å². The second kappa shape index (κ2) is 5.85. The zero-order chi connectivity index (χ0) is 13.1. The molecular formula is C12H23NO3S. The molecule has 1 N–H and O–H groups in total. The fourth-order valence-corrected chi connectivity index (χ4v) is 3.56. The third-order valence-corrected chi connectivity index (χ3v) is 4.95. The topological polar surface area (TPSA) is 63.2 Å². The lowest BCUT2D eigenvalue weighted by molar-refractivity contribution is -0.121. The summed E-state index contributed by atoms with van der Waals surface area (Å²) in [4.78, 5) is 11.5. The van der Waals surface area contributed by atoms with Crippen molar-refractivity contribution in [3.8, 4) is 0 Å². The van der Waals surface area contributed by atoms with Crippen molar-refractivity contribution in [1.29, 1.82) is 0 Å². The van der Waals surface area contributed by atoms with Gasteiger partial charge in [-0.1, -0.05) is 13.8 Å². The average molecular weight is 261 g/mol. The maximum Gasteiger partial charge on any atom is 0.221 e.